The van der Waals surface area contributed by atoms with Crippen molar-refractivity contribution in [3.63, 3.8) is 0 Å². The van der Waals surface area contributed by atoms with Crippen LogP contribution in [-0.4, -0.2) is 16.8 Å². The number of thiophene rings is 1. The summed E-state index contributed by atoms with van der Waals surface area (Å²) in [5, 5.41) is 7.91. The summed E-state index contributed by atoms with van der Waals surface area (Å²) in [4.78, 5) is 2.76. The molecule has 1 unspecified atom stereocenters. The van der Waals surface area contributed by atoms with Gasteiger partial charge in [-0.15, -0.1) is 11.3 Å². The molecule has 2 aromatic heterocycles. The minimum atomic E-state index is 0.379. The van der Waals surface area contributed by atoms with Crippen LogP contribution in [0.15, 0.2) is 18.2 Å². The SMILES string of the molecule is CCc1cc(CC(NC)c2ccc(C)s2)n(C)n1. The summed E-state index contributed by atoms with van der Waals surface area (Å²) < 4.78 is 2.00. The van der Waals surface area contributed by atoms with Gasteiger partial charge in [0.2, 0.25) is 0 Å². The largest absolute Gasteiger partial charge is 0.312 e. The smallest absolute Gasteiger partial charge is 0.0624 e. The van der Waals surface area contributed by atoms with Crippen LogP contribution in [0.3, 0.4) is 0 Å². The van der Waals surface area contributed by atoms with Gasteiger partial charge < -0.3 is 5.32 Å². The van der Waals surface area contributed by atoms with Crippen LogP contribution in [0.2, 0.25) is 0 Å². The Bertz CT molecular complexity index is 513. The van der Waals surface area contributed by atoms with Gasteiger partial charge in [0.1, 0.15) is 0 Å². The molecule has 0 saturated carbocycles. The second kappa shape index (κ2) is 5.67. The number of hydrogen-bond acceptors (Lipinski definition) is 3. The first-order valence-corrected chi connectivity index (χ1v) is 7.21. The zero-order valence-electron chi connectivity index (χ0n) is 11.5. The summed E-state index contributed by atoms with van der Waals surface area (Å²) in [6.07, 6.45) is 1.98. The minimum absolute atomic E-state index is 0.379. The molecular formula is C14H21N3S. The van der Waals surface area contributed by atoms with Gasteiger partial charge in [-0.2, -0.15) is 5.10 Å². The van der Waals surface area contributed by atoms with Gasteiger partial charge in [0.25, 0.3) is 0 Å². The van der Waals surface area contributed by atoms with E-state index in [2.05, 4.69) is 42.5 Å². The third-order valence-corrected chi connectivity index (χ3v) is 4.37. The van der Waals surface area contributed by atoms with Crippen molar-refractivity contribution in [3.05, 3.63) is 39.3 Å². The first kappa shape index (κ1) is 13.3. The van der Waals surface area contributed by atoms with E-state index < -0.39 is 0 Å². The molecule has 0 aromatic carbocycles. The van der Waals surface area contributed by atoms with Crippen molar-refractivity contribution in [2.75, 3.05) is 7.05 Å². The molecule has 2 rings (SSSR count). The molecule has 0 amide bonds. The number of nitrogens with one attached hydrogen (secondary N) is 1. The van der Waals surface area contributed by atoms with Gasteiger partial charge in [-0.05, 0) is 38.6 Å². The van der Waals surface area contributed by atoms with Crippen LogP contribution >= 0.6 is 11.3 Å². The van der Waals surface area contributed by atoms with Crippen molar-refractivity contribution in [2.24, 2.45) is 7.05 Å². The summed E-state index contributed by atoms with van der Waals surface area (Å²) >= 11 is 1.87. The van der Waals surface area contributed by atoms with Gasteiger partial charge in [0.05, 0.1) is 5.69 Å². The molecule has 0 aliphatic carbocycles. The van der Waals surface area contributed by atoms with Crippen LogP contribution in [-0.2, 0) is 19.9 Å². The van der Waals surface area contributed by atoms with Gasteiger partial charge in [0, 0.05) is 35.0 Å². The molecule has 0 aliphatic rings. The highest BCUT2D eigenvalue weighted by atomic mass is 32.1. The zero-order chi connectivity index (χ0) is 13.1. The first-order chi connectivity index (χ1) is 8.63. The fourth-order valence-electron chi connectivity index (χ4n) is 2.13. The molecule has 1 N–H and O–H groups in total. The van der Waals surface area contributed by atoms with Gasteiger partial charge in [-0.3, -0.25) is 4.68 Å². The molecule has 0 aliphatic heterocycles. The Kier molecular flexibility index (Phi) is 4.19. The fourth-order valence-corrected chi connectivity index (χ4v) is 3.12. The van der Waals surface area contributed by atoms with Crippen molar-refractivity contribution in [1.29, 1.82) is 0 Å². The van der Waals surface area contributed by atoms with Crippen LogP contribution in [0.1, 0.15) is 34.1 Å². The molecule has 0 bridgehead atoms. The maximum Gasteiger partial charge on any atom is 0.0624 e. The number of nitrogens with zero attached hydrogens (tertiary/aromatic N) is 2. The van der Waals surface area contributed by atoms with Crippen LogP contribution in [0.25, 0.3) is 0 Å². The molecule has 98 valence electrons. The van der Waals surface area contributed by atoms with E-state index in [9.17, 15) is 0 Å². The molecule has 0 fully saturated rings. The number of hydrogen-bond donors (Lipinski definition) is 1. The summed E-state index contributed by atoms with van der Waals surface area (Å²) in [6.45, 7) is 4.30. The maximum atomic E-state index is 4.51. The maximum absolute atomic E-state index is 4.51. The highest BCUT2D eigenvalue weighted by molar-refractivity contribution is 7.12. The number of rotatable bonds is 5. The third-order valence-electron chi connectivity index (χ3n) is 3.26. The lowest BCUT2D eigenvalue weighted by atomic mass is 10.1. The molecule has 0 radical (unpaired) electrons. The number of aryl methyl sites for hydroxylation is 3. The average molecular weight is 263 g/mol. The van der Waals surface area contributed by atoms with Crippen LogP contribution < -0.4 is 5.32 Å². The summed E-state index contributed by atoms with van der Waals surface area (Å²) in [5.74, 6) is 0. The van der Waals surface area contributed by atoms with E-state index in [1.807, 2.05) is 30.1 Å². The Morgan fingerprint density at radius 2 is 2.22 bits per heavy atom. The Balaban J connectivity index is 2.17. The quantitative estimate of drug-likeness (QED) is 0.899. The second-order valence-electron chi connectivity index (χ2n) is 4.60. The predicted octanol–water partition coefficient (Wildman–Crippen LogP) is 2.86. The normalized spacial score (nSPS) is 12.9. The standard InChI is InChI=1S/C14H21N3S/c1-5-11-8-12(17(4)16-11)9-13(15-3)14-7-6-10(2)18-14/h6-8,13,15H,5,9H2,1-4H3. The van der Waals surface area contributed by atoms with Crippen molar-refractivity contribution >= 4 is 11.3 Å². The Hall–Kier alpha value is -1.13. The minimum Gasteiger partial charge on any atom is -0.312 e. The van der Waals surface area contributed by atoms with Gasteiger partial charge >= 0.3 is 0 Å². The molecule has 0 spiro atoms. The van der Waals surface area contributed by atoms with E-state index in [0.717, 1.165) is 12.8 Å². The summed E-state index contributed by atoms with van der Waals surface area (Å²) in [6, 6.07) is 7.00. The van der Waals surface area contributed by atoms with Crippen LogP contribution in [0.5, 0.6) is 0 Å². The topological polar surface area (TPSA) is 29.9 Å². The number of aromatic nitrogens is 2. The Labute approximate surface area is 113 Å². The monoisotopic (exact) mass is 263 g/mol. The van der Waals surface area contributed by atoms with E-state index in [1.165, 1.54) is 21.1 Å². The molecule has 4 heteroatoms. The zero-order valence-corrected chi connectivity index (χ0v) is 12.3. The number of likely N-dealkylation sites (N-methyl/N-ethyl adjacent to an activating group) is 1. The molecule has 0 saturated heterocycles. The van der Waals surface area contributed by atoms with Crippen molar-refractivity contribution in [1.82, 2.24) is 15.1 Å². The molecule has 2 aromatic rings. The van der Waals surface area contributed by atoms with Crippen molar-refractivity contribution < 1.29 is 0 Å². The van der Waals surface area contributed by atoms with E-state index in [-0.39, 0.29) is 0 Å². The van der Waals surface area contributed by atoms with Crippen LogP contribution in [0, 0.1) is 6.92 Å². The van der Waals surface area contributed by atoms with Gasteiger partial charge in [0.15, 0.2) is 0 Å². The molecule has 1 atom stereocenters. The summed E-state index contributed by atoms with van der Waals surface area (Å²) in [5.41, 5.74) is 2.46. The van der Waals surface area contributed by atoms with E-state index >= 15 is 0 Å². The Morgan fingerprint density at radius 3 is 2.72 bits per heavy atom. The highest BCUT2D eigenvalue weighted by Crippen LogP contribution is 2.25. The van der Waals surface area contributed by atoms with Crippen molar-refractivity contribution in [3.8, 4) is 0 Å². The second-order valence-corrected chi connectivity index (χ2v) is 5.92. The lowest BCUT2D eigenvalue weighted by Gasteiger charge is -2.14. The van der Waals surface area contributed by atoms with Gasteiger partial charge in [-0.1, -0.05) is 6.92 Å². The average Bonchev–Trinajstić information content (AvgIpc) is 2.93. The lowest BCUT2D eigenvalue weighted by Crippen LogP contribution is -2.19. The van der Waals surface area contributed by atoms with E-state index in [0.29, 0.717) is 6.04 Å². The Morgan fingerprint density at radius 1 is 1.44 bits per heavy atom. The summed E-state index contributed by atoms with van der Waals surface area (Å²) in [7, 11) is 4.05. The molecule has 18 heavy (non-hydrogen) atoms. The predicted molar refractivity (Wildman–Crippen MR) is 77.1 cm³/mol. The molecule has 3 nitrogen and oxygen atoms in total. The molecular weight excluding hydrogens is 242 g/mol. The van der Waals surface area contributed by atoms with Gasteiger partial charge in [-0.25, -0.2) is 0 Å². The first-order valence-electron chi connectivity index (χ1n) is 6.39. The third kappa shape index (κ3) is 2.82. The lowest BCUT2D eigenvalue weighted by molar-refractivity contribution is 0.569. The molecule has 2 heterocycles. The van der Waals surface area contributed by atoms with Crippen molar-refractivity contribution in [2.45, 2.75) is 32.7 Å². The van der Waals surface area contributed by atoms with Crippen LogP contribution in [0.4, 0.5) is 0 Å². The highest BCUT2D eigenvalue weighted by Gasteiger charge is 2.14. The fraction of sp³-hybridized carbons (Fsp3) is 0.500. The van der Waals surface area contributed by atoms with E-state index in [4.69, 9.17) is 0 Å². The van der Waals surface area contributed by atoms with E-state index in [1.54, 1.807) is 0 Å².